The Kier molecular flexibility index (Phi) is 4.00. The molecule has 1 heterocycles. The van der Waals surface area contributed by atoms with E-state index in [9.17, 15) is 0 Å². The molecule has 0 aliphatic rings. The van der Waals surface area contributed by atoms with Gasteiger partial charge in [-0.3, -0.25) is 0 Å². The molecular weight excluding hydrogens is 337 g/mol. The van der Waals surface area contributed by atoms with Crippen LogP contribution in [0.25, 0.3) is 0 Å². The van der Waals surface area contributed by atoms with E-state index in [-0.39, 0.29) is 5.82 Å². The Morgan fingerprint density at radius 2 is 1.94 bits per heavy atom. The van der Waals surface area contributed by atoms with Crippen LogP contribution in [-0.4, -0.2) is 4.98 Å². The second-order valence-electron chi connectivity index (χ2n) is 3.77. The number of aryl methyl sites for hydroxylation is 1. The first-order valence-electron chi connectivity index (χ1n) is 5.12. The number of nitrogens with zero attached hydrogens (tertiary/aromatic N) is 1. The van der Waals surface area contributed by atoms with Crippen molar-refractivity contribution in [1.82, 2.24) is 4.98 Å². The van der Waals surface area contributed by atoms with Crippen molar-refractivity contribution >= 4 is 56.5 Å². The number of pyridine rings is 1. The van der Waals surface area contributed by atoms with Crippen molar-refractivity contribution in [2.45, 2.75) is 6.92 Å². The van der Waals surface area contributed by atoms with Crippen LogP contribution in [0.15, 0.2) is 28.7 Å². The molecule has 1 aromatic heterocycles. The molecule has 2 rings (SSSR count). The molecule has 0 aliphatic heterocycles. The Morgan fingerprint density at radius 3 is 2.61 bits per heavy atom. The first-order chi connectivity index (χ1) is 8.47. The van der Waals surface area contributed by atoms with Crippen LogP contribution in [0.4, 0.5) is 17.3 Å². The minimum absolute atomic E-state index is 0.248. The average Bonchev–Trinajstić information content (AvgIpc) is 2.31. The van der Waals surface area contributed by atoms with Gasteiger partial charge >= 0.3 is 0 Å². The lowest BCUT2D eigenvalue weighted by Crippen LogP contribution is -1.99. The van der Waals surface area contributed by atoms with E-state index >= 15 is 0 Å². The molecule has 3 nitrogen and oxygen atoms in total. The Labute approximate surface area is 123 Å². The maximum Gasteiger partial charge on any atom is 0.151 e. The van der Waals surface area contributed by atoms with E-state index in [1.54, 1.807) is 6.07 Å². The van der Waals surface area contributed by atoms with Gasteiger partial charge in [0.25, 0.3) is 0 Å². The standard InChI is InChI=1S/C12H10BrCl2N3/c1-6-4-7(2-3-8(6)13)17-12-10(15)5-9(14)11(16)18-12/h2-5H,1H3,(H3,16,17,18). The van der Waals surface area contributed by atoms with Gasteiger partial charge in [0.1, 0.15) is 5.82 Å². The number of halogens is 3. The lowest BCUT2D eigenvalue weighted by Gasteiger charge is -2.10. The smallest absolute Gasteiger partial charge is 0.151 e. The Hall–Kier alpha value is -0.970. The van der Waals surface area contributed by atoms with Gasteiger partial charge in [0, 0.05) is 10.2 Å². The second-order valence-corrected chi connectivity index (χ2v) is 5.44. The molecule has 2 aromatic rings. The van der Waals surface area contributed by atoms with Crippen LogP contribution in [-0.2, 0) is 0 Å². The highest BCUT2D eigenvalue weighted by atomic mass is 79.9. The fourth-order valence-electron chi connectivity index (χ4n) is 1.43. The molecule has 0 spiro atoms. The first kappa shape index (κ1) is 13.5. The van der Waals surface area contributed by atoms with Crippen LogP contribution in [0.2, 0.25) is 10.0 Å². The molecule has 0 radical (unpaired) electrons. The van der Waals surface area contributed by atoms with E-state index < -0.39 is 0 Å². The molecule has 0 aliphatic carbocycles. The lowest BCUT2D eigenvalue weighted by atomic mass is 10.2. The summed E-state index contributed by atoms with van der Waals surface area (Å²) in [7, 11) is 0. The summed E-state index contributed by atoms with van der Waals surface area (Å²) in [4.78, 5) is 4.11. The van der Waals surface area contributed by atoms with Crippen LogP contribution in [0.5, 0.6) is 0 Å². The van der Waals surface area contributed by atoms with E-state index in [2.05, 4.69) is 26.2 Å². The molecule has 0 saturated carbocycles. The fourth-order valence-corrected chi connectivity index (χ4v) is 2.08. The minimum Gasteiger partial charge on any atom is -0.382 e. The molecule has 6 heteroatoms. The third kappa shape index (κ3) is 2.88. The molecule has 0 fully saturated rings. The predicted octanol–water partition coefficient (Wildman–Crippen LogP) is 4.79. The normalized spacial score (nSPS) is 10.4. The van der Waals surface area contributed by atoms with Gasteiger partial charge in [-0.1, -0.05) is 39.1 Å². The highest BCUT2D eigenvalue weighted by Crippen LogP contribution is 2.30. The van der Waals surface area contributed by atoms with Crippen molar-refractivity contribution in [3.05, 3.63) is 44.3 Å². The van der Waals surface area contributed by atoms with Crippen molar-refractivity contribution in [1.29, 1.82) is 0 Å². The quantitative estimate of drug-likeness (QED) is 0.822. The van der Waals surface area contributed by atoms with Gasteiger partial charge in [-0.15, -0.1) is 0 Å². The third-order valence-corrected chi connectivity index (χ3v) is 3.86. The molecule has 1 aromatic carbocycles. The maximum atomic E-state index is 6.05. The summed E-state index contributed by atoms with van der Waals surface area (Å²) in [5, 5.41) is 3.88. The molecule has 18 heavy (non-hydrogen) atoms. The highest BCUT2D eigenvalue weighted by Gasteiger charge is 2.07. The summed E-state index contributed by atoms with van der Waals surface area (Å²) in [6, 6.07) is 7.41. The summed E-state index contributed by atoms with van der Waals surface area (Å²) in [5.74, 6) is 0.734. The monoisotopic (exact) mass is 345 g/mol. The summed E-state index contributed by atoms with van der Waals surface area (Å²) in [6.07, 6.45) is 0. The Morgan fingerprint density at radius 1 is 1.22 bits per heavy atom. The van der Waals surface area contributed by atoms with Gasteiger partial charge in [-0.05, 0) is 36.8 Å². The van der Waals surface area contributed by atoms with Crippen molar-refractivity contribution in [3.8, 4) is 0 Å². The van der Waals surface area contributed by atoms with E-state index in [1.807, 2.05) is 25.1 Å². The molecule has 0 bridgehead atoms. The zero-order valence-corrected chi connectivity index (χ0v) is 12.6. The zero-order valence-electron chi connectivity index (χ0n) is 9.47. The van der Waals surface area contributed by atoms with Crippen molar-refractivity contribution < 1.29 is 0 Å². The van der Waals surface area contributed by atoms with Crippen LogP contribution in [0.1, 0.15) is 5.56 Å². The summed E-state index contributed by atoms with van der Waals surface area (Å²) < 4.78 is 1.04. The molecule has 0 saturated heterocycles. The number of anilines is 3. The van der Waals surface area contributed by atoms with Gasteiger partial charge in [-0.2, -0.15) is 0 Å². The molecule has 0 amide bonds. The first-order valence-corrected chi connectivity index (χ1v) is 6.67. The number of nitrogens with one attached hydrogen (secondary N) is 1. The largest absolute Gasteiger partial charge is 0.382 e. The number of nitrogens with two attached hydrogens (primary N) is 1. The summed E-state index contributed by atoms with van der Waals surface area (Å²) in [5.41, 5.74) is 7.64. The Balaban J connectivity index is 2.34. The SMILES string of the molecule is Cc1cc(Nc2nc(N)c(Cl)cc2Cl)ccc1Br. The number of hydrogen-bond acceptors (Lipinski definition) is 3. The zero-order chi connectivity index (χ0) is 13.3. The van der Waals surface area contributed by atoms with Gasteiger partial charge in [0.05, 0.1) is 10.0 Å². The van der Waals surface area contributed by atoms with Crippen LogP contribution in [0, 0.1) is 6.92 Å². The minimum atomic E-state index is 0.248. The molecule has 0 unspecified atom stereocenters. The second kappa shape index (κ2) is 5.34. The molecule has 3 N–H and O–H groups in total. The van der Waals surface area contributed by atoms with Crippen molar-refractivity contribution in [2.24, 2.45) is 0 Å². The average molecular weight is 347 g/mol. The van der Waals surface area contributed by atoms with Crippen LogP contribution < -0.4 is 11.1 Å². The number of benzene rings is 1. The van der Waals surface area contributed by atoms with Crippen molar-refractivity contribution in [3.63, 3.8) is 0 Å². The van der Waals surface area contributed by atoms with Crippen LogP contribution >= 0.6 is 39.1 Å². The van der Waals surface area contributed by atoms with Gasteiger partial charge in [-0.25, -0.2) is 4.98 Å². The van der Waals surface area contributed by atoms with Gasteiger partial charge < -0.3 is 11.1 Å². The molecule has 0 atom stereocenters. The van der Waals surface area contributed by atoms with Crippen molar-refractivity contribution in [2.75, 3.05) is 11.1 Å². The number of hydrogen-bond donors (Lipinski definition) is 2. The van der Waals surface area contributed by atoms with Crippen LogP contribution in [0.3, 0.4) is 0 Å². The maximum absolute atomic E-state index is 6.05. The van der Waals surface area contributed by atoms with E-state index in [0.717, 1.165) is 15.7 Å². The van der Waals surface area contributed by atoms with Gasteiger partial charge in [0.15, 0.2) is 5.82 Å². The number of aromatic nitrogens is 1. The topological polar surface area (TPSA) is 50.9 Å². The fraction of sp³-hybridized carbons (Fsp3) is 0.0833. The molecular formula is C12H10BrCl2N3. The summed E-state index contributed by atoms with van der Waals surface area (Å²) in [6.45, 7) is 2.00. The number of nitrogen functional groups attached to an aromatic ring is 1. The third-order valence-electron chi connectivity index (χ3n) is 2.38. The number of rotatable bonds is 2. The predicted molar refractivity (Wildman–Crippen MR) is 80.8 cm³/mol. The van der Waals surface area contributed by atoms with Gasteiger partial charge in [0.2, 0.25) is 0 Å². The van der Waals surface area contributed by atoms with E-state index in [1.165, 1.54) is 0 Å². The van der Waals surface area contributed by atoms with E-state index in [0.29, 0.717) is 15.9 Å². The molecule has 94 valence electrons. The summed E-state index contributed by atoms with van der Waals surface area (Å²) >= 11 is 15.3. The highest BCUT2D eigenvalue weighted by molar-refractivity contribution is 9.10. The Bertz CT molecular complexity index is 602. The van der Waals surface area contributed by atoms with E-state index in [4.69, 9.17) is 28.9 Å². The lowest BCUT2D eigenvalue weighted by molar-refractivity contribution is 1.31.